The molecule has 0 saturated carbocycles. The highest BCUT2D eigenvalue weighted by atomic mass is 16.1. The Morgan fingerprint density at radius 2 is 1.71 bits per heavy atom. The Labute approximate surface area is 143 Å². The van der Waals surface area contributed by atoms with Gasteiger partial charge in [0.05, 0.1) is 5.54 Å². The second-order valence-corrected chi connectivity index (χ2v) is 7.62. The molecule has 2 aromatic carbocycles. The van der Waals surface area contributed by atoms with Crippen molar-refractivity contribution >= 4 is 5.91 Å². The zero-order chi connectivity index (χ0) is 16.9. The second-order valence-electron chi connectivity index (χ2n) is 7.62. The highest BCUT2D eigenvalue weighted by molar-refractivity contribution is 5.73. The van der Waals surface area contributed by atoms with Gasteiger partial charge in [0.15, 0.2) is 0 Å². The number of rotatable bonds is 3. The molecule has 0 radical (unpaired) electrons. The molecular formula is C21H24N2O. The maximum absolute atomic E-state index is 11.3. The Morgan fingerprint density at radius 1 is 1.08 bits per heavy atom. The van der Waals surface area contributed by atoms with Crippen molar-refractivity contribution in [3.8, 4) is 0 Å². The van der Waals surface area contributed by atoms with E-state index in [1.807, 2.05) is 0 Å². The summed E-state index contributed by atoms with van der Waals surface area (Å²) in [6, 6.07) is 17.4. The summed E-state index contributed by atoms with van der Waals surface area (Å²) >= 11 is 0. The minimum Gasteiger partial charge on any atom is -0.370 e. The second kappa shape index (κ2) is 5.18. The van der Waals surface area contributed by atoms with Crippen LogP contribution in [0, 0.1) is 0 Å². The van der Waals surface area contributed by atoms with Gasteiger partial charge in [-0.05, 0) is 54.9 Å². The van der Waals surface area contributed by atoms with E-state index in [1.165, 1.54) is 22.3 Å². The summed E-state index contributed by atoms with van der Waals surface area (Å²) in [5.74, 6) is 0.119. The molecule has 2 bridgehead atoms. The highest BCUT2D eigenvalue weighted by Gasteiger charge is 2.51. The molecule has 124 valence electrons. The van der Waals surface area contributed by atoms with Gasteiger partial charge in [-0.3, -0.25) is 10.1 Å². The summed E-state index contributed by atoms with van der Waals surface area (Å²) in [5, 5.41) is 3.93. The van der Waals surface area contributed by atoms with Crippen molar-refractivity contribution in [2.75, 3.05) is 0 Å². The molecule has 3 N–H and O–H groups in total. The van der Waals surface area contributed by atoms with Crippen LogP contribution in [0.15, 0.2) is 48.5 Å². The average Bonchev–Trinajstić information content (AvgIpc) is 2.74. The molecular weight excluding hydrogens is 296 g/mol. The lowest BCUT2D eigenvalue weighted by Gasteiger charge is -2.30. The summed E-state index contributed by atoms with van der Waals surface area (Å²) in [6.45, 7) is 4.58. The number of nitrogens with two attached hydrogens (primary N) is 1. The van der Waals surface area contributed by atoms with Crippen LogP contribution in [0.4, 0.5) is 0 Å². The van der Waals surface area contributed by atoms with Crippen LogP contribution in [0.1, 0.15) is 61.3 Å². The maximum atomic E-state index is 11.3. The molecule has 2 aliphatic rings. The zero-order valence-electron chi connectivity index (χ0n) is 14.3. The molecule has 0 unspecified atom stereocenters. The Hall–Kier alpha value is -2.13. The number of hydrogen-bond acceptors (Lipinski definition) is 2. The number of carbonyl (C=O) groups excluding carboxylic acids is 1. The van der Waals surface area contributed by atoms with Crippen LogP contribution in [-0.2, 0) is 15.9 Å². The highest BCUT2D eigenvalue weighted by Crippen LogP contribution is 2.53. The van der Waals surface area contributed by atoms with Gasteiger partial charge >= 0.3 is 0 Å². The molecule has 3 nitrogen and oxygen atoms in total. The minimum atomic E-state index is -0.216. The van der Waals surface area contributed by atoms with Gasteiger partial charge < -0.3 is 5.73 Å². The molecule has 1 amide bonds. The topological polar surface area (TPSA) is 55.1 Å². The number of hydrogen-bond donors (Lipinski definition) is 2. The average molecular weight is 320 g/mol. The van der Waals surface area contributed by atoms with Crippen molar-refractivity contribution in [1.29, 1.82) is 0 Å². The van der Waals surface area contributed by atoms with Crippen molar-refractivity contribution in [2.45, 2.75) is 50.1 Å². The summed E-state index contributed by atoms with van der Waals surface area (Å²) in [6.07, 6.45) is 2.22. The van der Waals surface area contributed by atoms with Crippen molar-refractivity contribution in [3.63, 3.8) is 0 Å². The molecule has 0 spiro atoms. The maximum Gasteiger partial charge on any atom is 0.217 e. The first-order valence-corrected chi connectivity index (χ1v) is 8.71. The molecule has 0 aromatic heterocycles. The molecule has 24 heavy (non-hydrogen) atoms. The lowest BCUT2D eigenvalue weighted by Crippen LogP contribution is -2.43. The van der Waals surface area contributed by atoms with E-state index in [-0.39, 0.29) is 17.0 Å². The number of amides is 1. The first-order valence-electron chi connectivity index (χ1n) is 8.71. The largest absolute Gasteiger partial charge is 0.370 e. The summed E-state index contributed by atoms with van der Waals surface area (Å²) in [5.41, 5.74) is 10.6. The molecule has 0 fully saturated rings. The third kappa shape index (κ3) is 2.11. The summed E-state index contributed by atoms with van der Waals surface area (Å²) < 4.78 is 0. The predicted molar refractivity (Wildman–Crippen MR) is 95.6 cm³/mol. The van der Waals surface area contributed by atoms with Crippen LogP contribution < -0.4 is 11.1 Å². The van der Waals surface area contributed by atoms with E-state index in [1.54, 1.807) is 0 Å². The monoisotopic (exact) mass is 320 g/mol. The molecule has 4 rings (SSSR count). The van der Waals surface area contributed by atoms with E-state index in [4.69, 9.17) is 5.73 Å². The molecule has 2 heterocycles. The third-order valence-corrected chi connectivity index (χ3v) is 5.92. The van der Waals surface area contributed by atoms with Crippen molar-refractivity contribution in [1.82, 2.24) is 5.32 Å². The number of nitrogens with one attached hydrogen (secondary N) is 1. The first-order chi connectivity index (χ1) is 11.4. The van der Waals surface area contributed by atoms with Gasteiger partial charge in [0, 0.05) is 12.0 Å². The fourth-order valence-corrected chi connectivity index (χ4v) is 4.95. The zero-order valence-corrected chi connectivity index (χ0v) is 14.3. The lowest BCUT2D eigenvalue weighted by atomic mass is 9.73. The van der Waals surface area contributed by atoms with Crippen LogP contribution in [0.5, 0.6) is 0 Å². The minimum absolute atomic E-state index is 0.0906. The Bertz CT molecular complexity index is 815. The first kappa shape index (κ1) is 15.4. The SMILES string of the molecule is C[C@]12N[C@](C)(C[C@H](CCC(N)=O)c3ccccc31)c1ccccc12. The molecule has 3 atom stereocenters. The predicted octanol–water partition coefficient (Wildman–Crippen LogP) is 3.52. The Kier molecular flexibility index (Phi) is 3.33. The smallest absolute Gasteiger partial charge is 0.217 e. The van der Waals surface area contributed by atoms with Gasteiger partial charge in [-0.1, -0.05) is 48.5 Å². The summed E-state index contributed by atoms with van der Waals surface area (Å²) in [7, 11) is 0. The van der Waals surface area contributed by atoms with Crippen molar-refractivity contribution < 1.29 is 4.79 Å². The van der Waals surface area contributed by atoms with Gasteiger partial charge in [-0.15, -0.1) is 0 Å². The Balaban J connectivity index is 1.90. The van der Waals surface area contributed by atoms with Gasteiger partial charge in [0.1, 0.15) is 0 Å². The van der Waals surface area contributed by atoms with E-state index < -0.39 is 0 Å². The van der Waals surface area contributed by atoms with E-state index in [9.17, 15) is 4.79 Å². The van der Waals surface area contributed by atoms with Gasteiger partial charge in [0.2, 0.25) is 5.91 Å². The molecule has 2 aromatic rings. The molecule has 3 heteroatoms. The van der Waals surface area contributed by atoms with Crippen LogP contribution in [0.2, 0.25) is 0 Å². The van der Waals surface area contributed by atoms with Crippen LogP contribution in [0.3, 0.4) is 0 Å². The van der Waals surface area contributed by atoms with E-state index in [2.05, 4.69) is 67.7 Å². The normalized spacial score (nSPS) is 30.3. The lowest BCUT2D eigenvalue weighted by molar-refractivity contribution is -0.118. The number of fused-ring (bicyclic) bond motifs is 7. The third-order valence-electron chi connectivity index (χ3n) is 5.92. The van der Waals surface area contributed by atoms with Crippen LogP contribution in [0.25, 0.3) is 0 Å². The Morgan fingerprint density at radius 3 is 2.42 bits per heavy atom. The number of benzene rings is 2. The fraction of sp³-hybridized carbons (Fsp3) is 0.381. The van der Waals surface area contributed by atoms with Crippen LogP contribution in [-0.4, -0.2) is 5.91 Å². The summed E-state index contributed by atoms with van der Waals surface area (Å²) in [4.78, 5) is 11.3. The fourth-order valence-electron chi connectivity index (χ4n) is 4.95. The van der Waals surface area contributed by atoms with Gasteiger partial charge in [-0.2, -0.15) is 0 Å². The molecule has 2 aliphatic heterocycles. The quantitative estimate of drug-likeness (QED) is 0.909. The standard InChI is InChI=1S/C21H24N2O/c1-20-13-14(11-12-19(22)24)15-7-3-4-8-16(15)21(2,23-20)18-10-6-5-9-17(18)20/h3-10,14,23H,11-13H2,1-2H3,(H2,22,24)/t14-,20+,21-/m0/s1. The molecule has 0 saturated heterocycles. The van der Waals surface area contributed by atoms with Gasteiger partial charge in [-0.25, -0.2) is 0 Å². The van der Waals surface area contributed by atoms with Crippen LogP contribution >= 0.6 is 0 Å². The van der Waals surface area contributed by atoms with Crippen molar-refractivity contribution in [2.24, 2.45) is 5.73 Å². The van der Waals surface area contributed by atoms with E-state index in [0.29, 0.717) is 12.3 Å². The number of carbonyl (C=O) groups is 1. The van der Waals surface area contributed by atoms with E-state index >= 15 is 0 Å². The van der Waals surface area contributed by atoms with E-state index in [0.717, 1.165) is 12.8 Å². The molecule has 0 aliphatic carbocycles. The van der Waals surface area contributed by atoms with Crippen molar-refractivity contribution in [3.05, 3.63) is 70.8 Å². The van der Waals surface area contributed by atoms with Gasteiger partial charge in [0.25, 0.3) is 0 Å². The number of primary amides is 1.